The number of aromatic nitrogens is 3. The van der Waals surface area contributed by atoms with Crippen LogP contribution >= 0.6 is 11.6 Å². The van der Waals surface area contributed by atoms with Crippen LogP contribution < -0.4 is 10.1 Å². The van der Waals surface area contributed by atoms with Crippen LogP contribution in [0.3, 0.4) is 0 Å². The van der Waals surface area contributed by atoms with Crippen LogP contribution in [0.1, 0.15) is 5.82 Å². The van der Waals surface area contributed by atoms with Gasteiger partial charge >= 0.3 is 0 Å². The molecule has 0 aliphatic heterocycles. The molecule has 0 aliphatic carbocycles. The van der Waals surface area contributed by atoms with Gasteiger partial charge in [0, 0.05) is 16.4 Å². The first-order chi connectivity index (χ1) is 10.8. The molecule has 3 rings (SSSR count). The van der Waals surface area contributed by atoms with E-state index in [1.54, 1.807) is 13.4 Å². The van der Waals surface area contributed by atoms with Crippen molar-refractivity contribution in [3.05, 3.63) is 65.7 Å². The van der Waals surface area contributed by atoms with Gasteiger partial charge < -0.3 is 10.1 Å². The molecule has 3 aromatic rings. The largest absolute Gasteiger partial charge is 0.497 e. The highest BCUT2D eigenvalue weighted by molar-refractivity contribution is 6.30. The van der Waals surface area contributed by atoms with Crippen LogP contribution in [-0.4, -0.2) is 21.9 Å². The summed E-state index contributed by atoms with van der Waals surface area (Å²) < 4.78 is 7.05. The first kappa shape index (κ1) is 14.4. The van der Waals surface area contributed by atoms with E-state index in [-0.39, 0.29) is 0 Å². The number of rotatable bonds is 5. The molecule has 0 aliphatic rings. The van der Waals surface area contributed by atoms with E-state index in [9.17, 15) is 0 Å². The molecular weight excluding hydrogens is 300 g/mol. The summed E-state index contributed by atoms with van der Waals surface area (Å²) >= 11 is 6.03. The standard InChI is InChI=1S/C16H15ClN4O/c1-22-15-7-5-13(6-8-15)18-10-16-20-19-11-21(16)14-4-2-3-12(17)9-14/h2-9,11,18H,10H2,1H3. The maximum atomic E-state index is 6.03. The number of halogens is 1. The second kappa shape index (κ2) is 6.49. The number of methoxy groups -OCH3 is 1. The summed E-state index contributed by atoms with van der Waals surface area (Å²) in [5.74, 6) is 1.63. The Morgan fingerprint density at radius 3 is 2.73 bits per heavy atom. The van der Waals surface area contributed by atoms with Crippen LogP contribution in [0.5, 0.6) is 5.75 Å². The van der Waals surface area contributed by atoms with Gasteiger partial charge in [-0.05, 0) is 42.5 Å². The van der Waals surface area contributed by atoms with Gasteiger partial charge in [-0.1, -0.05) is 17.7 Å². The molecule has 112 valence electrons. The lowest BCUT2D eigenvalue weighted by atomic mass is 10.3. The van der Waals surface area contributed by atoms with E-state index in [0.29, 0.717) is 11.6 Å². The monoisotopic (exact) mass is 314 g/mol. The van der Waals surface area contributed by atoms with Gasteiger partial charge in [0.05, 0.1) is 13.7 Å². The van der Waals surface area contributed by atoms with E-state index >= 15 is 0 Å². The second-order valence-corrected chi connectivity index (χ2v) is 5.12. The quantitative estimate of drug-likeness (QED) is 0.782. The zero-order valence-electron chi connectivity index (χ0n) is 12.0. The Morgan fingerprint density at radius 2 is 2.00 bits per heavy atom. The zero-order chi connectivity index (χ0) is 15.4. The molecule has 22 heavy (non-hydrogen) atoms. The Balaban J connectivity index is 1.75. The molecular formula is C16H15ClN4O. The predicted octanol–water partition coefficient (Wildman–Crippen LogP) is 3.54. The van der Waals surface area contributed by atoms with Crippen molar-refractivity contribution in [2.75, 3.05) is 12.4 Å². The van der Waals surface area contributed by atoms with Crippen LogP contribution in [-0.2, 0) is 6.54 Å². The van der Waals surface area contributed by atoms with E-state index in [1.165, 1.54) is 0 Å². The molecule has 0 radical (unpaired) electrons. The Morgan fingerprint density at radius 1 is 1.18 bits per heavy atom. The fourth-order valence-electron chi connectivity index (χ4n) is 2.11. The predicted molar refractivity (Wildman–Crippen MR) is 86.7 cm³/mol. The van der Waals surface area contributed by atoms with Gasteiger partial charge in [0.25, 0.3) is 0 Å². The molecule has 0 amide bonds. The molecule has 0 fully saturated rings. The number of ether oxygens (including phenoxy) is 1. The van der Waals surface area contributed by atoms with Crippen molar-refractivity contribution in [1.29, 1.82) is 0 Å². The highest BCUT2D eigenvalue weighted by Gasteiger charge is 2.06. The Hall–Kier alpha value is -2.53. The Bertz CT molecular complexity index is 755. The maximum absolute atomic E-state index is 6.03. The van der Waals surface area contributed by atoms with Crippen molar-refractivity contribution in [3.63, 3.8) is 0 Å². The van der Waals surface area contributed by atoms with Crippen molar-refractivity contribution in [3.8, 4) is 11.4 Å². The van der Waals surface area contributed by atoms with Crippen molar-refractivity contribution in [1.82, 2.24) is 14.8 Å². The summed E-state index contributed by atoms with van der Waals surface area (Å²) in [5.41, 5.74) is 1.92. The first-order valence-electron chi connectivity index (χ1n) is 6.79. The SMILES string of the molecule is COc1ccc(NCc2nncn2-c2cccc(Cl)c2)cc1. The number of nitrogens with zero attached hydrogens (tertiary/aromatic N) is 3. The minimum Gasteiger partial charge on any atom is -0.497 e. The van der Waals surface area contributed by atoms with Crippen LogP contribution in [0.4, 0.5) is 5.69 Å². The normalized spacial score (nSPS) is 10.5. The third kappa shape index (κ3) is 3.20. The number of anilines is 1. The minimum atomic E-state index is 0.554. The van der Waals surface area contributed by atoms with Gasteiger partial charge in [-0.25, -0.2) is 0 Å². The maximum Gasteiger partial charge on any atom is 0.156 e. The number of hydrogen-bond donors (Lipinski definition) is 1. The van der Waals surface area contributed by atoms with E-state index in [1.807, 2.05) is 53.1 Å². The molecule has 6 heteroatoms. The van der Waals surface area contributed by atoms with Gasteiger partial charge in [-0.3, -0.25) is 4.57 Å². The second-order valence-electron chi connectivity index (χ2n) is 4.68. The van der Waals surface area contributed by atoms with Crippen LogP contribution in [0, 0.1) is 0 Å². The molecule has 0 saturated heterocycles. The van der Waals surface area contributed by atoms with Crippen molar-refractivity contribution < 1.29 is 4.74 Å². The number of nitrogens with one attached hydrogen (secondary N) is 1. The third-order valence-corrected chi connectivity index (χ3v) is 3.48. The molecule has 0 unspecified atom stereocenters. The van der Waals surface area contributed by atoms with Gasteiger partial charge in [0.1, 0.15) is 12.1 Å². The van der Waals surface area contributed by atoms with Crippen molar-refractivity contribution in [2.45, 2.75) is 6.54 Å². The van der Waals surface area contributed by atoms with Gasteiger partial charge in [-0.2, -0.15) is 0 Å². The molecule has 0 bridgehead atoms. The lowest BCUT2D eigenvalue weighted by molar-refractivity contribution is 0.415. The fourth-order valence-corrected chi connectivity index (χ4v) is 2.30. The summed E-state index contributed by atoms with van der Waals surface area (Å²) in [6.45, 7) is 0.554. The summed E-state index contributed by atoms with van der Waals surface area (Å²) in [6, 6.07) is 15.3. The number of hydrogen-bond acceptors (Lipinski definition) is 4. The molecule has 0 atom stereocenters. The fraction of sp³-hybridized carbons (Fsp3) is 0.125. The lowest BCUT2D eigenvalue weighted by Crippen LogP contribution is -2.07. The zero-order valence-corrected chi connectivity index (χ0v) is 12.8. The third-order valence-electron chi connectivity index (χ3n) is 3.25. The molecule has 5 nitrogen and oxygen atoms in total. The topological polar surface area (TPSA) is 52.0 Å². The van der Waals surface area contributed by atoms with E-state index in [4.69, 9.17) is 16.3 Å². The van der Waals surface area contributed by atoms with Crippen LogP contribution in [0.2, 0.25) is 5.02 Å². The first-order valence-corrected chi connectivity index (χ1v) is 7.17. The van der Waals surface area contributed by atoms with Crippen LogP contribution in [0.25, 0.3) is 5.69 Å². The summed E-state index contributed by atoms with van der Waals surface area (Å²) in [4.78, 5) is 0. The highest BCUT2D eigenvalue weighted by atomic mass is 35.5. The molecule has 1 heterocycles. The summed E-state index contributed by atoms with van der Waals surface area (Å²) in [6.07, 6.45) is 1.68. The molecule has 1 N–H and O–H groups in total. The minimum absolute atomic E-state index is 0.554. The Kier molecular flexibility index (Phi) is 4.25. The van der Waals surface area contributed by atoms with E-state index in [0.717, 1.165) is 22.9 Å². The van der Waals surface area contributed by atoms with Gasteiger partial charge in [0.15, 0.2) is 5.82 Å². The van der Waals surface area contributed by atoms with Crippen LogP contribution in [0.15, 0.2) is 54.9 Å². The summed E-state index contributed by atoms with van der Waals surface area (Å²) in [5, 5.41) is 12.1. The smallest absolute Gasteiger partial charge is 0.156 e. The molecule has 0 spiro atoms. The lowest BCUT2D eigenvalue weighted by Gasteiger charge is -2.09. The van der Waals surface area contributed by atoms with Crippen molar-refractivity contribution in [2.24, 2.45) is 0 Å². The van der Waals surface area contributed by atoms with E-state index in [2.05, 4.69) is 15.5 Å². The van der Waals surface area contributed by atoms with Gasteiger partial charge in [-0.15, -0.1) is 10.2 Å². The van der Waals surface area contributed by atoms with Gasteiger partial charge in [0.2, 0.25) is 0 Å². The average Bonchev–Trinajstić information content (AvgIpc) is 3.02. The average molecular weight is 315 g/mol. The number of benzene rings is 2. The summed E-state index contributed by atoms with van der Waals surface area (Å²) in [7, 11) is 1.65. The molecule has 1 aromatic heterocycles. The molecule has 2 aromatic carbocycles. The van der Waals surface area contributed by atoms with Crippen molar-refractivity contribution >= 4 is 17.3 Å². The van der Waals surface area contributed by atoms with E-state index < -0.39 is 0 Å². The molecule has 0 saturated carbocycles. The Labute approximate surface area is 133 Å². The highest BCUT2D eigenvalue weighted by Crippen LogP contribution is 2.18.